The van der Waals surface area contributed by atoms with Gasteiger partial charge in [0.2, 0.25) is 5.82 Å². The van der Waals surface area contributed by atoms with Crippen LogP contribution >= 0.6 is 0 Å². The van der Waals surface area contributed by atoms with Crippen LogP contribution in [0, 0.1) is 5.82 Å². The van der Waals surface area contributed by atoms with E-state index in [1.165, 1.54) is 6.92 Å². The Morgan fingerprint density at radius 3 is 2.95 bits per heavy atom. The maximum absolute atomic E-state index is 13.2. The highest BCUT2D eigenvalue weighted by molar-refractivity contribution is 5.66. The van der Waals surface area contributed by atoms with E-state index in [2.05, 4.69) is 0 Å². The summed E-state index contributed by atoms with van der Waals surface area (Å²) in [4.78, 5) is 35.3. The smallest absolute Gasteiger partial charge is 0.330 e. The minimum Gasteiger partial charge on any atom is -0.460 e. The lowest BCUT2D eigenvalue weighted by Gasteiger charge is -2.15. The molecule has 1 aromatic heterocycles. The summed E-state index contributed by atoms with van der Waals surface area (Å²) >= 11 is 0. The van der Waals surface area contributed by atoms with Crippen molar-refractivity contribution in [2.45, 2.75) is 31.8 Å². The minimum atomic E-state index is -1.13. The van der Waals surface area contributed by atoms with Gasteiger partial charge in [0.05, 0.1) is 12.8 Å². The van der Waals surface area contributed by atoms with Crippen molar-refractivity contribution in [1.82, 2.24) is 9.55 Å². The second kappa shape index (κ2) is 5.55. The van der Waals surface area contributed by atoms with Crippen LogP contribution in [0.15, 0.2) is 15.8 Å². The molecule has 20 heavy (non-hydrogen) atoms. The van der Waals surface area contributed by atoms with Gasteiger partial charge in [-0.1, -0.05) is 0 Å². The highest BCUT2D eigenvalue weighted by atomic mass is 19.1. The molecule has 3 atom stereocenters. The molecule has 2 rings (SSSR count). The first-order valence-electron chi connectivity index (χ1n) is 5.87. The van der Waals surface area contributed by atoms with Crippen LogP contribution in [0.5, 0.6) is 0 Å². The Bertz CT molecular complexity index is 624. The van der Waals surface area contributed by atoms with E-state index >= 15 is 0 Å². The Labute approximate surface area is 111 Å². The second-order valence-electron chi connectivity index (χ2n) is 4.34. The van der Waals surface area contributed by atoms with Crippen molar-refractivity contribution in [3.63, 3.8) is 0 Å². The first kappa shape index (κ1) is 14.4. The number of hydrogen-bond acceptors (Lipinski definition) is 6. The van der Waals surface area contributed by atoms with Gasteiger partial charge in [0.1, 0.15) is 18.4 Å². The first-order chi connectivity index (χ1) is 9.42. The van der Waals surface area contributed by atoms with Crippen LogP contribution in [0.25, 0.3) is 0 Å². The van der Waals surface area contributed by atoms with Gasteiger partial charge in [0.15, 0.2) is 0 Å². The summed E-state index contributed by atoms with van der Waals surface area (Å²) < 4.78 is 24.3. The molecule has 8 nitrogen and oxygen atoms in total. The molecule has 1 saturated heterocycles. The van der Waals surface area contributed by atoms with Crippen LogP contribution in [-0.2, 0) is 14.3 Å². The lowest BCUT2D eigenvalue weighted by atomic mass is 10.2. The Morgan fingerprint density at radius 1 is 1.65 bits per heavy atom. The summed E-state index contributed by atoms with van der Waals surface area (Å²) in [6.45, 7) is 0.780. The van der Waals surface area contributed by atoms with Crippen molar-refractivity contribution in [3.8, 4) is 0 Å². The van der Waals surface area contributed by atoms with E-state index < -0.39 is 48.1 Å². The third kappa shape index (κ3) is 2.78. The molecule has 1 fully saturated rings. The molecule has 0 bridgehead atoms. The zero-order chi connectivity index (χ0) is 14.9. The molecular formula is C11H13FN2O6. The maximum Gasteiger partial charge on any atom is 0.330 e. The molecule has 1 aliphatic heterocycles. The quantitative estimate of drug-likeness (QED) is 0.682. The highest BCUT2D eigenvalue weighted by Crippen LogP contribution is 2.29. The van der Waals surface area contributed by atoms with E-state index in [1.807, 2.05) is 0 Å². The largest absolute Gasteiger partial charge is 0.460 e. The first-order valence-corrected chi connectivity index (χ1v) is 5.87. The lowest BCUT2D eigenvalue weighted by Crippen LogP contribution is -2.34. The van der Waals surface area contributed by atoms with E-state index in [9.17, 15) is 18.8 Å². The fourth-order valence-electron chi connectivity index (χ4n) is 2.05. The van der Waals surface area contributed by atoms with Crippen molar-refractivity contribution in [2.75, 3.05) is 6.61 Å². The van der Waals surface area contributed by atoms with Gasteiger partial charge in [-0.3, -0.25) is 19.1 Å². The van der Waals surface area contributed by atoms with E-state index in [4.69, 9.17) is 14.6 Å². The topological polar surface area (TPSA) is 111 Å². The summed E-state index contributed by atoms with van der Waals surface area (Å²) in [7, 11) is 0. The monoisotopic (exact) mass is 288 g/mol. The number of H-pyrrole nitrogens is 1. The van der Waals surface area contributed by atoms with Crippen LogP contribution in [0.4, 0.5) is 4.39 Å². The molecule has 0 spiro atoms. The van der Waals surface area contributed by atoms with Crippen molar-refractivity contribution in [1.29, 1.82) is 0 Å². The van der Waals surface area contributed by atoms with Crippen molar-refractivity contribution >= 4 is 5.97 Å². The number of nitrogens with one attached hydrogen (secondary N) is 1. The van der Waals surface area contributed by atoms with E-state index in [1.54, 1.807) is 4.98 Å². The molecule has 1 aromatic rings. The van der Waals surface area contributed by atoms with Gasteiger partial charge in [-0.2, -0.15) is 4.39 Å². The predicted octanol–water partition coefficient (Wildman–Crippen LogP) is -1.11. The van der Waals surface area contributed by atoms with Gasteiger partial charge in [-0.25, -0.2) is 4.79 Å². The van der Waals surface area contributed by atoms with Crippen molar-refractivity contribution < 1.29 is 23.8 Å². The third-order valence-corrected chi connectivity index (χ3v) is 2.91. The molecule has 2 heterocycles. The zero-order valence-electron chi connectivity index (χ0n) is 10.5. The molecular weight excluding hydrogens is 275 g/mol. The molecule has 2 N–H and O–H groups in total. The van der Waals surface area contributed by atoms with Crippen LogP contribution in [0.3, 0.4) is 0 Å². The fraction of sp³-hybridized carbons (Fsp3) is 0.545. The zero-order valence-corrected chi connectivity index (χ0v) is 10.5. The fourth-order valence-corrected chi connectivity index (χ4v) is 2.05. The standard InChI is InChI=1S/C11H13FN2O6/c1-5(16)19-7-2-9(20-8(7)4-15)14-3-6(12)10(17)13-11(14)18/h3,7-9,15H,2,4H2,1H3,(H,13,17,18)/t7?,8-,9-/m0/s1. The summed E-state index contributed by atoms with van der Waals surface area (Å²) in [5.74, 6) is -1.69. The van der Waals surface area contributed by atoms with Gasteiger partial charge < -0.3 is 14.6 Å². The number of esters is 1. The van der Waals surface area contributed by atoms with Crippen LogP contribution in [-0.4, -0.2) is 39.4 Å². The number of aromatic nitrogens is 2. The number of nitrogens with zero attached hydrogens (tertiary/aromatic N) is 1. The average Bonchev–Trinajstić information content (AvgIpc) is 2.75. The van der Waals surface area contributed by atoms with Gasteiger partial charge in [0, 0.05) is 13.3 Å². The number of halogens is 1. The average molecular weight is 288 g/mol. The number of ether oxygens (including phenoxy) is 2. The molecule has 0 aliphatic carbocycles. The molecule has 9 heteroatoms. The normalized spacial score (nSPS) is 25.6. The highest BCUT2D eigenvalue weighted by Gasteiger charge is 2.38. The van der Waals surface area contributed by atoms with Gasteiger partial charge >= 0.3 is 11.7 Å². The molecule has 0 amide bonds. The van der Waals surface area contributed by atoms with Crippen molar-refractivity contribution in [2.24, 2.45) is 0 Å². The maximum atomic E-state index is 13.2. The molecule has 0 aromatic carbocycles. The van der Waals surface area contributed by atoms with Crippen LogP contribution < -0.4 is 11.2 Å². The molecule has 1 aliphatic rings. The number of aromatic amines is 1. The van der Waals surface area contributed by atoms with Gasteiger partial charge in [-0.15, -0.1) is 0 Å². The predicted molar refractivity (Wildman–Crippen MR) is 62.4 cm³/mol. The number of hydrogen-bond donors (Lipinski definition) is 2. The van der Waals surface area contributed by atoms with Crippen LogP contribution in [0.2, 0.25) is 0 Å². The summed E-state index contributed by atoms with van der Waals surface area (Å²) in [5.41, 5.74) is -1.97. The number of rotatable bonds is 3. The van der Waals surface area contributed by atoms with Gasteiger partial charge in [0.25, 0.3) is 5.56 Å². The number of carbonyl (C=O) groups is 1. The third-order valence-electron chi connectivity index (χ3n) is 2.91. The lowest BCUT2D eigenvalue weighted by molar-refractivity contribution is -0.150. The summed E-state index contributed by atoms with van der Waals surface area (Å²) in [5, 5.41) is 9.15. The minimum absolute atomic E-state index is 0.0657. The Balaban J connectivity index is 2.27. The Hall–Kier alpha value is -2.00. The van der Waals surface area contributed by atoms with E-state index in [0.29, 0.717) is 0 Å². The van der Waals surface area contributed by atoms with Gasteiger partial charge in [-0.05, 0) is 0 Å². The Morgan fingerprint density at radius 2 is 2.35 bits per heavy atom. The second-order valence-corrected chi connectivity index (χ2v) is 4.34. The SMILES string of the molecule is CC(=O)OC1C[C@@H](n2cc(F)c(=O)[nH]c2=O)O[C@H]1CO. The van der Waals surface area contributed by atoms with Crippen molar-refractivity contribution in [3.05, 3.63) is 32.9 Å². The summed E-state index contributed by atoms with van der Waals surface area (Å²) in [6.07, 6.45) is -1.71. The summed E-state index contributed by atoms with van der Waals surface area (Å²) in [6, 6.07) is 0. The number of carbonyl (C=O) groups excluding carboxylic acids is 1. The van der Waals surface area contributed by atoms with E-state index in [0.717, 1.165) is 10.8 Å². The number of aliphatic hydroxyl groups is 1. The molecule has 0 saturated carbocycles. The molecule has 110 valence electrons. The van der Waals surface area contributed by atoms with E-state index in [-0.39, 0.29) is 6.42 Å². The molecule has 1 unspecified atom stereocenters. The van der Waals surface area contributed by atoms with Crippen LogP contribution in [0.1, 0.15) is 19.6 Å². The number of aliphatic hydroxyl groups excluding tert-OH is 1. The Kier molecular flexibility index (Phi) is 4.00. The molecule has 0 radical (unpaired) electrons.